The number of nitrogens with one attached hydrogen (secondary N) is 1. The average molecular weight is 415 g/mol. The number of thioether (sulfide) groups is 1. The van der Waals surface area contributed by atoms with Crippen LogP contribution in [0.1, 0.15) is 19.4 Å². The predicted molar refractivity (Wildman–Crippen MR) is 97.0 cm³/mol. The van der Waals surface area contributed by atoms with E-state index in [2.05, 4.69) is 0 Å². The third kappa shape index (κ3) is 3.57. The van der Waals surface area contributed by atoms with Crippen LogP contribution in [0.15, 0.2) is 30.3 Å². The number of alkyl halides is 3. The Bertz CT molecular complexity index is 800. The number of fused-ring (bicyclic) bond motifs is 1. The molecule has 152 valence electrons. The molecule has 2 fully saturated rings. The number of nitrogens with zero attached hydrogens (tertiary/aromatic N) is 2. The smallest absolute Gasteiger partial charge is 0.340 e. The van der Waals surface area contributed by atoms with Gasteiger partial charge in [0.25, 0.3) is 0 Å². The third-order valence-corrected chi connectivity index (χ3v) is 6.43. The number of amides is 3. The van der Waals surface area contributed by atoms with Crippen molar-refractivity contribution in [1.82, 2.24) is 15.1 Å². The second-order valence-electron chi connectivity index (χ2n) is 7.39. The van der Waals surface area contributed by atoms with Crippen LogP contribution in [0.2, 0.25) is 0 Å². The molecule has 0 aliphatic carbocycles. The first-order valence-electron chi connectivity index (χ1n) is 8.60. The Kier molecular flexibility index (Phi) is 5.11. The van der Waals surface area contributed by atoms with Gasteiger partial charge in [0.05, 0.1) is 0 Å². The lowest BCUT2D eigenvalue weighted by atomic mass is 9.94. The molecule has 28 heavy (non-hydrogen) atoms. The molecule has 1 aromatic carbocycles. The molecule has 10 heteroatoms. The summed E-state index contributed by atoms with van der Waals surface area (Å²) in [7, 11) is 1.62. The fourth-order valence-electron chi connectivity index (χ4n) is 3.51. The highest BCUT2D eigenvalue weighted by atomic mass is 32.2. The molecule has 6 nitrogen and oxygen atoms in total. The highest BCUT2D eigenvalue weighted by Crippen LogP contribution is 2.51. The Morgan fingerprint density at radius 2 is 1.86 bits per heavy atom. The van der Waals surface area contributed by atoms with Gasteiger partial charge in [-0.2, -0.15) is 13.2 Å². The van der Waals surface area contributed by atoms with E-state index in [0.717, 1.165) is 5.56 Å². The van der Waals surface area contributed by atoms with Crippen molar-refractivity contribution in [2.45, 2.75) is 48.8 Å². The molecular formula is C18H20F3N3O3S. The number of hydrogen-bond donors (Lipinski definition) is 1. The molecule has 0 saturated carbocycles. The quantitative estimate of drug-likeness (QED) is 0.761. The van der Waals surface area contributed by atoms with Gasteiger partial charge in [0, 0.05) is 18.3 Å². The number of carbonyl (C=O) groups excluding carboxylic acids is 3. The van der Waals surface area contributed by atoms with Crippen LogP contribution in [0.5, 0.6) is 0 Å². The summed E-state index contributed by atoms with van der Waals surface area (Å²) in [5, 5.41) is 1.04. The van der Waals surface area contributed by atoms with Gasteiger partial charge in [-0.15, -0.1) is 11.8 Å². The fourth-order valence-corrected chi connectivity index (χ4v) is 5.14. The van der Waals surface area contributed by atoms with E-state index in [-0.39, 0.29) is 5.91 Å². The number of likely N-dealkylation sites (N-methyl/N-ethyl adjacent to an activating group) is 1. The molecule has 2 aliphatic rings. The minimum absolute atomic E-state index is 0.294. The maximum absolute atomic E-state index is 13.0. The molecule has 1 N–H and O–H groups in total. The molecule has 0 bridgehead atoms. The van der Waals surface area contributed by atoms with Crippen LogP contribution in [-0.2, 0) is 20.9 Å². The van der Waals surface area contributed by atoms with E-state index in [1.807, 2.05) is 30.3 Å². The second kappa shape index (κ2) is 6.98. The zero-order valence-electron chi connectivity index (χ0n) is 15.5. The Balaban J connectivity index is 1.73. The number of carbonyl (C=O) groups is 3. The van der Waals surface area contributed by atoms with Gasteiger partial charge >= 0.3 is 12.1 Å². The van der Waals surface area contributed by atoms with Gasteiger partial charge in [0.2, 0.25) is 11.8 Å². The number of halogens is 3. The number of rotatable bonds is 4. The fraction of sp³-hybridized carbons (Fsp3) is 0.500. The molecule has 2 unspecified atom stereocenters. The molecule has 3 atom stereocenters. The lowest BCUT2D eigenvalue weighted by Gasteiger charge is -2.45. The molecule has 0 radical (unpaired) electrons. The maximum atomic E-state index is 13.0. The van der Waals surface area contributed by atoms with E-state index in [0.29, 0.717) is 6.54 Å². The van der Waals surface area contributed by atoms with Crippen molar-refractivity contribution < 1.29 is 27.6 Å². The first kappa shape index (κ1) is 20.5. The lowest BCUT2D eigenvalue weighted by Crippen LogP contribution is -2.72. The van der Waals surface area contributed by atoms with Crippen LogP contribution >= 0.6 is 11.8 Å². The van der Waals surface area contributed by atoms with Gasteiger partial charge in [0.15, 0.2) is 0 Å². The van der Waals surface area contributed by atoms with E-state index >= 15 is 0 Å². The van der Waals surface area contributed by atoms with E-state index in [9.17, 15) is 27.6 Å². The molecule has 2 aliphatic heterocycles. The van der Waals surface area contributed by atoms with Gasteiger partial charge < -0.3 is 15.1 Å². The number of β-lactam (4-membered cyclic amide) rings is 1. The van der Waals surface area contributed by atoms with E-state index in [4.69, 9.17) is 0 Å². The zero-order valence-corrected chi connectivity index (χ0v) is 16.3. The highest BCUT2D eigenvalue weighted by Gasteiger charge is 2.65. The van der Waals surface area contributed by atoms with Gasteiger partial charge in [-0.05, 0) is 19.4 Å². The monoisotopic (exact) mass is 415 g/mol. The Hall–Kier alpha value is -2.23. The van der Waals surface area contributed by atoms with Crippen molar-refractivity contribution in [3.8, 4) is 0 Å². The summed E-state index contributed by atoms with van der Waals surface area (Å²) in [6, 6.07) is 7.22. The van der Waals surface area contributed by atoms with Crippen molar-refractivity contribution in [2.24, 2.45) is 0 Å². The van der Waals surface area contributed by atoms with Crippen molar-refractivity contribution in [2.75, 3.05) is 7.05 Å². The zero-order chi connectivity index (χ0) is 20.9. The van der Waals surface area contributed by atoms with E-state index < -0.39 is 40.2 Å². The molecule has 0 aromatic heterocycles. The topological polar surface area (TPSA) is 69.7 Å². The van der Waals surface area contributed by atoms with Gasteiger partial charge in [-0.25, -0.2) is 0 Å². The van der Waals surface area contributed by atoms with Crippen LogP contribution in [0, 0.1) is 0 Å². The largest absolute Gasteiger partial charge is 0.471 e. The molecular weight excluding hydrogens is 395 g/mol. The summed E-state index contributed by atoms with van der Waals surface area (Å²) in [4.78, 5) is 39.5. The summed E-state index contributed by atoms with van der Waals surface area (Å²) in [6.07, 6.45) is -5.06. The molecule has 2 heterocycles. The Morgan fingerprint density at radius 1 is 1.25 bits per heavy atom. The molecule has 3 amide bonds. The first-order valence-corrected chi connectivity index (χ1v) is 9.48. The first-order chi connectivity index (χ1) is 12.9. The summed E-state index contributed by atoms with van der Waals surface area (Å²) in [5.74, 6) is -3.12. The van der Waals surface area contributed by atoms with Crippen molar-refractivity contribution in [1.29, 1.82) is 0 Å². The van der Waals surface area contributed by atoms with Crippen LogP contribution in [-0.4, -0.2) is 62.9 Å². The summed E-state index contributed by atoms with van der Waals surface area (Å²) < 4.78 is 36.8. The molecule has 2 saturated heterocycles. The highest BCUT2D eigenvalue weighted by molar-refractivity contribution is 8.01. The Morgan fingerprint density at radius 3 is 2.43 bits per heavy atom. The minimum Gasteiger partial charge on any atom is -0.340 e. The summed E-state index contributed by atoms with van der Waals surface area (Å²) in [6.45, 7) is 3.88. The molecule has 3 rings (SSSR count). The Labute approximate surface area is 164 Å². The summed E-state index contributed by atoms with van der Waals surface area (Å²) >= 11 is 1.22. The van der Waals surface area contributed by atoms with Crippen molar-refractivity contribution >= 4 is 29.5 Å². The van der Waals surface area contributed by atoms with Gasteiger partial charge in [-0.3, -0.25) is 14.4 Å². The lowest BCUT2D eigenvalue weighted by molar-refractivity contribution is -0.178. The SMILES string of the molecule is CN(Cc1ccccc1)C(=O)C1N2C(=O)C(NC(=O)C(F)(F)F)[C@H]2SC1(C)C. The van der Waals surface area contributed by atoms with Crippen LogP contribution in [0.25, 0.3) is 0 Å². The van der Waals surface area contributed by atoms with Crippen molar-refractivity contribution in [3.05, 3.63) is 35.9 Å². The van der Waals surface area contributed by atoms with E-state index in [1.54, 1.807) is 26.2 Å². The standard InChI is InChI=1S/C18H20F3N3O3S/c1-17(2)12(14(26)23(3)9-10-7-5-4-6-8-10)24-13(25)11(15(24)28-17)22-16(27)18(19,20)21/h4-8,11-12,15H,9H2,1-3H3,(H,22,27)/t11?,12?,15-/m1/s1. The molecule has 0 spiro atoms. The average Bonchev–Trinajstić information content (AvgIpc) is 2.86. The minimum atomic E-state index is -5.06. The third-order valence-electron chi connectivity index (χ3n) is 4.86. The maximum Gasteiger partial charge on any atom is 0.471 e. The predicted octanol–water partition coefficient (Wildman–Crippen LogP) is 1.75. The summed E-state index contributed by atoms with van der Waals surface area (Å²) in [5.41, 5.74) is 0.920. The number of hydrogen-bond acceptors (Lipinski definition) is 4. The molecule has 1 aromatic rings. The van der Waals surface area contributed by atoms with Crippen LogP contribution in [0.3, 0.4) is 0 Å². The van der Waals surface area contributed by atoms with Crippen LogP contribution in [0.4, 0.5) is 13.2 Å². The van der Waals surface area contributed by atoms with E-state index in [1.165, 1.54) is 21.6 Å². The van der Waals surface area contributed by atoms with Crippen LogP contribution < -0.4 is 5.32 Å². The second-order valence-corrected chi connectivity index (χ2v) is 9.16. The normalized spacial score (nSPS) is 25.7. The van der Waals surface area contributed by atoms with Gasteiger partial charge in [-0.1, -0.05) is 30.3 Å². The number of benzene rings is 1. The van der Waals surface area contributed by atoms with Gasteiger partial charge in [0.1, 0.15) is 17.5 Å². The van der Waals surface area contributed by atoms with Crippen molar-refractivity contribution in [3.63, 3.8) is 0 Å².